The molecule has 76 valence electrons. The highest BCUT2D eigenvalue weighted by molar-refractivity contribution is 5.46. The zero-order chi connectivity index (χ0) is 10.1. The number of aryl methyl sites for hydroxylation is 1. The van der Waals surface area contributed by atoms with Gasteiger partial charge in [0.1, 0.15) is 5.75 Å². The van der Waals surface area contributed by atoms with Crippen LogP contribution in [0.15, 0.2) is 12.1 Å². The Hall–Kier alpha value is -1.02. The molecule has 1 atom stereocenters. The summed E-state index contributed by atoms with van der Waals surface area (Å²) < 4.78 is 5.56. The lowest BCUT2D eigenvalue weighted by atomic mass is 9.98. The molecule has 2 nitrogen and oxygen atoms in total. The molecular formula is C12H17NO. The van der Waals surface area contributed by atoms with Crippen molar-refractivity contribution in [3.63, 3.8) is 0 Å². The molecule has 0 saturated heterocycles. The monoisotopic (exact) mass is 191 g/mol. The van der Waals surface area contributed by atoms with Crippen LogP contribution in [0.5, 0.6) is 5.75 Å². The van der Waals surface area contributed by atoms with E-state index in [1.807, 2.05) is 0 Å². The molecule has 1 heterocycles. The summed E-state index contributed by atoms with van der Waals surface area (Å²) in [6.45, 7) is 5.03. The minimum Gasteiger partial charge on any atom is -0.493 e. The van der Waals surface area contributed by atoms with Crippen molar-refractivity contribution in [3.05, 3.63) is 28.8 Å². The Balaban J connectivity index is 2.41. The second kappa shape index (κ2) is 3.62. The van der Waals surface area contributed by atoms with Crippen LogP contribution in [0, 0.1) is 6.92 Å². The van der Waals surface area contributed by atoms with Gasteiger partial charge in [-0.15, -0.1) is 0 Å². The average molecular weight is 191 g/mol. The maximum atomic E-state index is 6.02. The van der Waals surface area contributed by atoms with Crippen molar-refractivity contribution in [1.82, 2.24) is 0 Å². The Bertz CT molecular complexity index is 346. The first-order chi connectivity index (χ1) is 6.72. The summed E-state index contributed by atoms with van der Waals surface area (Å²) in [5, 5.41) is 0. The predicted molar refractivity (Wildman–Crippen MR) is 57.6 cm³/mol. The Kier molecular flexibility index (Phi) is 2.46. The standard InChI is InChI=1S/C12H17NO/c1-3-11(13)10-6-8(2)12-9(7-10)4-5-14-12/h6-7,11H,3-5,13H2,1-2H3. The lowest BCUT2D eigenvalue weighted by molar-refractivity contribution is 0.354. The molecule has 2 N–H and O–H groups in total. The Morgan fingerprint density at radius 1 is 1.50 bits per heavy atom. The Morgan fingerprint density at radius 3 is 3.00 bits per heavy atom. The fraction of sp³-hybridized carbons (Fsp3) is 0.500. The van der Waals surface area contributed by atoms with Crippen LogP contribution in [-0.2, 0) is 6.42 Å². The molecule has 1 aliphatic heterocycles. The summed E-state index contributed by atoms with van der Waals surface area (Å²) in [6, 6.07) is 4.52. The second-order valence-electron chi connectivity index (χ2n) is 3.94. The zero-order valence-electron chi connectivity index (χ0n) is 8.84. The van der Waals surface area contributed by atoms with Crippen LogP contribution >= 0.6 is 0 Å². The Morgan fingerprint density at radius 2 is 2.29 bits per heavy atom. The molecule has 1 unspecified atom stereocenters. The van der Waals surface area contributed by atoms with Crippen LogP contribution < -0.4 is 10.5 Å². The van der Waals surface area contributed by atoms with Gasteiger partial charge in [-0.1, -0.05) is 19.1 Å². The van der Waals surface area contributed by atoms with Crippen LogP contribution in [0.2, 0.25) is 0 Å². The van der Waals surface area contributed by atoms with Crippen molar-refractivity contribution < 1.29 is 4.74 Å². The second-order valence-corrected chi connectivity index (χ2v) is 3.94. The SMILES string of the molecule is CCC(N)c1cc(C)c2c(c1)CCO2. The first-order valence-corrected chi connectivity index (χ1v) is 5.24. The lowest BCUT2D eigenvalue weighted by Gasteiger charge is -2.12. The highest BCUT2D eigenvalue weighted by atomic mass is 16.5. The summed E-state index contributed by atoms with van der Waals surface area (Å²) >= 11 is 0. The number of hydrogen-bond acceptors (Lipinski definition) is 2. The number of rotatable bonds is 2. The topological polar surface area (TPSA) is 35.2 Å². The van der Waals surface area contributed by atoms with Crippen molar-refractivity contribution in [2.75, 3.05) is 6.61 Å². The van der Waals surface area contributed by atoms with E-state index < -0.39 is 0 Å². The van der Waals surface area contributed by atoms with E-state index in [2.05, 4.69) is 26.0 Å². The average Bonchev–Trinajstić information content (AvgIpc) is 2.64. The van der Waals surface area contributed by atoms with Gasteiger partial charge in [0.2, 0.25) is 0 Å². The number of benzene rings is 1. The van der Waals surface area contributed by atoms with Gasteiger partial charge < -0.3 is 10.5 Å². The number of fused-ring (bicyclic) bond motifs is 1. The van der Waals surface area contributed by atoms with Gasteiger partial charge in [-0.05, 0) is 30.0 Å². The van der Waals surface area contributed by atoms with E-state index in [4.69, 9.17) is 10.5 Å². The highest BCUT2D eigenvalue weighted by Gasteiger charge is 2.16. The summed E-state index contributed by atoms with van der Waals surface area (Å²) in [6.07, 6.45) is 2.01. The Labute approximate surface area is 85.1 Å². The van der Waals surface area contributed by atoms with Crippen LogP contribution in [-0.4, -0.2) is 6.61 Å². The summed E-state index contributed by atoms with van der Waals surface area (Å²) in [7, 11) is 0. The molecule has 0 bridgehead atoms. The highest BCUT2D eigenvalue weighted by Crippen LogP contribution is 2.32. The van der Waals surface area contributed by atoms with Crippen LogP contribution in [0.25, 0.3) is 0 Å². The van der Waals surface area contributed by atoms with E-state index in [-0.39, 0.29) is 6.04 Å². The van der Waals surface area contributed by atoms with Gasteiger partial charge in [0.15, 0.2) is 0 Å². The molecule has 0 fully saturated rings. The van der Waals surface area contributed by atoms with Crippen LogP contribution in [0.3, 0.4) is 0 Å². The first kappa shape index (κ1) is 9.53. The van der Waals surface area contributed by atoms with E-state index in [9.17, 15) is 0 Å². The molecule has 1 aromatic rings. The molecule has 14 heavy (non-hydrogen) atoms. The minimum absolute atomic E-state index is 0.166. The molecule has 1 aromatic carbocycles. The summed E-state index contributed by atoms with van der Waals surface area (Å²) in [4.78, 5) is 0. The molecule has 0 aromatic heterocycles. The summed E-state index contributed by atoms with van der Waals surface area (Å²) in [5.41, 5.74) is 9.81. The van der Waals surface area contributed by atoms with Crippen molar-refractivity contribution in [1.29, 1.82) is 0 Å². The van der Waals surface area contributed by atoms with Gasteiger partial charge in [0, 0.05) is 12.5 Å². The van der Waals surface area contributed by atoms with Gasteiger partial charge >= 0.3 is 0 Å². The molecule has 2 rings (SSSR count). The fourth-order valence-corrected chi connectivity index (χ4v) is 1.98. The molecule has 0 spiro atoms. The number of ether oxygens (including phenoxy) is 1. The maximum absolute atomic E-state index is 6.02. The fourth-order valence-electron chi connectivity index (χ4n) is 1.98. The van der Waals surface area contributed by atoms with E-state index in [1.54, 1.807) is 0 Å². The van der Waals surface area contributed by atoms with Gasteiger partial charge in [-0.3, -0.25) is 0 Å². The van der Waals surface area contributed by atoms with Crippen molar-refractivity contribution >= 4 is 0 Å². The van der Waals surface area contributed by atoms with E-state index >= 15 is 0 Å². The zero-order valence-corrected chi connectivity index (χ0v) is 8.84. The molecule has 0 aliphatic carbocycles. The van der Waals surface area contributed by atoms with Gasteiger partial charge in [-0.2, -0.15) is 0 Å². The molecule has 1 aliphatic rings. The van der Waals surface area contributed by atoms with Gasteiger partial charge in [-0.25, -0.2) is 0 Å². The third-order valence-electron chi connectivity index (χ3n) is 2.86. The predicted octanol–water partition coefficient (Wildman–Crippen LogP) is 2.34. The third kappa shape index (κ3) is 1.50. The van der Waals surface area contributed by atoms with Crippen LogP contribution in [0.1, 0.15) is 36.1 Å². The molecule has 0 saturated carbocycles. The van der Waals surface area contributed by atoms with Crippen molar-refractivity contribution in [3.8, 4) is 5.75 Å². The van der Waals surface area contributed by atoms with Crippen molar-refractivity contribution in [2.45, 2.75) is 32.7 Å². The molecule has 0 radical (unpaired) electrons. The lowest BCUT2D eigenvalue weighted by Crippen LogP contribution is -2.09. The third-order valence-corrected chi connectivity index (χ3v) is 2.86. The number of hydrogen-bond donors (Lipinski definition) is 1. The van der Waals surface area contributed by atoms with Crippen LogP contribution in [0.4, 0.5) is 0 Å². The largest absolute Gasteiger partial charge is 0.493 e. The molecule has 2 heteroatoms. The van der Waals surface area contributed by atoms with Gasteiger partial charge in [0.05, 0.1) is 6.61 Å². The normalized spacial score (nSPS) is 16.2. The smallest absolute Gasteiger partial charge is 0.125 e. The van der Waals surface area contributed by atoms with E-state index in [0.29, 0.717) is 0 Å². The van der Waals surface area contributed by atoms with Gasteiger partial charge in [0.25, 0.3) is 0 Å². The van der Waals surface area contributed by atoms with Crippen molar-refractivity contribution in [2.24, 2.45) is 5.73 Å². The summed E-state index contributed by atoms with van der Waals surface area (Å²) in [5.74, 6) is 1.08. The quantitative estimate of drug-likeness (QED) is 0.778. The van der Waals surface area contributed by atoms with E-state index in [1.165, 1.54) is 16.7 Å². The maximum Gasteiger partial charge on any atom is 0.125 e. The number of nitrogens with two attached hydrogens (primary N) is 1. The minimum atomic E-state index is 0.166. The first-order valence-electron chi connectivity index (χ1n) is 5.24. The molecular weight excluding hydrogens is 174 g/mol. The van der Waals surface area contributed by atoms with E-state index in [0.717, 1.165) is 25.2 Å². The molecule has 0 amide bonds.